The smallest absolute Gasteiger partial charge is 0.423 e. The molecule has 1 aliphatic heterocycles. The number of esters is 1. The summed E-state index contributed by atoms with van der Waals surface area (Å²) in [6.07, 6.45) is -12.4. The Labute approximate surface area is 159 Å². The molecule has 0 saturated carbocycles. The van der Waals surface area contributed by atoms with Crippen molar-refractivity contribution in [2.45, 2.75) is 30.3 Å². The van der Waals surface area contributed by atoms with E-state index in [4.69, 9.17) is 4.74 Å². The lowest BCUT2D eigenvalue weighted by Gasteiger charge is -2.33. The minimum Gasteiger partial charge on any atom is -0.459 e. The average molecular weight is 418 g/mol. The van der Waals surface area contributed by atoms with Crippen LogP contribution in [0.4, 0.5) is 17.6 Å². The predicted octanol–water partition coefficient (Wildman–Crippen LogP) is 0.923. The fourth-order valence-corrected chi connectivity index (χ4v) is 2.87. The van der Waals surface area contributed by atoms with Crippen molar-refractivity contribution in [3.8, 4) is 0 Å². The Kier molecular flexibility index (Phi) is 5.32. The molecule has 0 spiro atoms. The van der Waals surface area contributed by atoms with E-state index in [-0.39, 0.29) is 5.56 Å². The summed E-state index contributed by atoms with van der Waals surface area (Å²) in [5.41, 5.74) is -5.80. The third-order valence-corrected chi connectivity index (χ3v) is 4.42. The molecule has 0 radical (unpaired) electrons. The lowest BCUT2D eigenvalue weighted by molar-refractivity contribution is -0.305. The van der Waals surface area contributed by atoms with Crippen LogP contribution in [0.1, 0.15) is 16.6 Å². The average Bonchev–Trinajstić information content (AvgIpc) is 2.92. The van der Waals surface area contributed by atoms with Gasteiger partial charge in [0.15, 0.2) is 12.4 Å². The SMILES string of the molecule is O=C(OC[C@@]1(C(F)(F)F)OC(n2ccc(=O)[nH]c2=O)[C@H](F)[C@@H]1O)c1ccccc1. The fourth-order valence-electron chi connectivity index (χ4n) is 2.87. The summed E-state index contributed by atoms with van der Waals surface area (Å²) in [6.45, 7) is -1.56. The fraction of sp³-hybridized carbons (Fsp3) is 0.353. The maximum absolute atomic E-state index is 14.6. The molecule has 2 N–H and O–H groups in total. The van der Waals surface area contributed by atoms with Gasteiger partial charge in [0.25, 0.3) is 5.56 Å². The Morgan fingerprint density at radius 2 is 1.90 bits per heavy atom. The second-order valence-corrected chi connectivity index (χ2v) is 6.24. The van der Waals surface area contributed by atoms with Crippen LogP contribution in [0.5, 0.6) is 0 Å². The van der Waals surface area contributed by atoms with Crippen molar-refractivity contribution in [3.05, 3.63) is 69.0 Å². The monoisotopic (exact) mass is 418 g/mol. The number of carbonyl (C=O) groups is 1. The zero-order valence-corrected chi connectivity index (χ0v) is 14.4. The number of aliphatic hydroxyl groups excluding tert-OH is 1. The molecule has 1 aromatic carbocycles. The Hall–Kier alpha value is -2.99. The predicted molar refractivity (Wildman–Crippen MR) is 87.9 cm³/mol. The maximum atomic E-state index is 14.6. The minimum atomic E-state index is -5.37. The van der Waals surface area contributed by atoms with Gasteiger partial charge >= 0.3 is 17.8 Å². The van der Waals surface area contributed by atoms with Gasteiger partial charge in [0.1, 0.15) is 12.7 Å². The number of halogens is 4. The number of hydrogen-bond acceptors (Lipinski definition) is 6. The maximum Gasteiger partial charge on any atom is 0.423 e. The second kappa shape index (κ2) is 7.44. The van der Waals surface area contributed by atoms with Crippen LogP contribution in [-0.2, 0) is 9.47 Å². The molecule has 1 fully saturated rings. The molecule has 0 bridgehead atoms. The third kappa shape index (κ3) is 3.68. The van der Waals surface area contributed by atoms with Crippen molar-refractivity contribution in [3.63, 3.8) is 0 Å². The van der Waals surface area contributed by atoms with E-state index in [1.54, 1.807) is 11.1 Å². The molecule has 0 aliphatic carbocycles. The zero-order chi connectivity index (χ0) is 21.4. The molecule has 0 amide bonds. The zero-order valence-electron chi connectivity index (χ0n) is 14.4. The Bertz CT molecular complexity index is 1010. The van der Waals surface area contributed by atoms with Crippen molar-refractivity contribution >= 4 is 5.97 Å². The first-order valence-corrected chi connectivity index (χ1v) is 8.17. The largest absolute Gasteiger partial charge is 0.459 e. The highest BCUT2D eigenvalue weighted by Gasteiger charge is 2.70. The number of aromatic nitrogens is 2. The second-order valence-electron chi connectivity index (χ2n) is 6.24. The van der Waals surface area contributed by atoms with Crippen LogP contribution in [0.15, 0.2) is 52.2 Å². The number of alkyl halides is 4. The highest BCUT2D eigenvalue weighted by Crippen LogP contribution is 2.48. The van der Waals surface area contributed by atoms with Gasteiger partial charge in [-0.05, 0) is 12.1 Å². The standard InChI is InChI=1S/C17H14F4N2O6/c18-11-12(25)16(17(19,20)21,8-28-14(26)9-4-2-1-3-5-9)29-13(11)23-7-6-10(24)22-15(23)27/h1-7,11-13,25H,8H2,(H,22,24,27)/t11-,12+,13?,16-/m1/s1. The quantitative estimate of drug-likeness (QED) is 0.565. The molecule has 1 saturated heterocycles. The van der Waals surface area contributed by atoms with E-state index in [0.717, 1.165) is 12.3 Å². The minimum absolute atomic E-state index is 0.0671. The van der Waals surface area contributed by atoms with E-state index in [2.05, 4.69) is 4.74 Å². The Balaban J connectivity index is 1.92. The molecule has 12 heteroatoms. The van der Waals surface area contributed by atoms with Gasteiger partial charge in [0.2, 0.25) is 5.60 Å². The first kappa shape index (κ1) is 20.7. The van der Waals surface area contributed by atoms with Gasteiger partial charge in [-0.25, -0.2) is 14.0 Å². The number of nitrogens with zero attached hydrogens (tertiary/aromatic N) is 1. The van der Waals surface area contributed by atoms with E-state index in [1.807, 2.05) is 0 Å². The number of hydrogen-bond donors (Lipinski definition) is 2. The van der Waals surface area contributed by atoms with Gasteiger partial charge in [0, 0.05) is 12.3 Å². The summed E-state index contributed by atoms with van der Waals surface area (Å²) in [7, 11) is 0. The molecule has 2 heterocycles. The number of aromatic amines is 1. The van der Waals surface area contributed by atoms with Gasteiger partial charge in [-0.3, -0.25) is 14.3 Å². The number of ether oxygens (including phenoxy) is 2. The number of carbonyl (C=O) groups excluding carboxylic acids is 1. The van der Waals surface area contributed by atoms with Crippen LogP contribution in [0.25, 0.3) is 0 Å². The number of benzene rings is 1. The van der Waals surface area contributed by atoms with Gasteiger partial charge in [-0.15, -0.1) is 0 Å². The molecule has 29 heavy (non-hydrogen) atoms. The van der Waals surface area contributed by atoms with Crippen molar-refractivity contribution in [2.24, 2.45) is 0 Å². The van der Waals surface area contributed by atoms with E-state index in [1.165, 1.54) is 24.3 Å². The normalized spacial score (nSPS) is 27.0. The van der Waals surface area contributed by atoms with Crippen LogP contribution in [0.2, 0.25) is 0 Å². The van der Waals surface area contributed by atoms with Crippen LogP contribution in [-0.4, -0.2) is 51.3 Å². The summed E-state index contributed by atoms with van der Waals surface area (Å²) in [5.74, 6) is -1.15. The molecule has 1 aliphatic rings. The van der Waals surface area contributed by atoms with Gasteiger partial charge in [-0.2, -0.15) is 13.2 Å². The third-order valence-electron chi connectivity index (χ3n) is 4.42. The summed E-state index contributed by atoms with van der Waals surface area (Å²) in [4.78, 5) is 36.6. The molecule has 4 atom stereocenters. The Morgan fingerprint density at radius 1 is 1.24 bits per heavy atom. The van der Waals surface area contributed by atoms with Gasteiger partial charge in [-0.1, -0.05) is 18.2 Å². The molecule has 2 aromatic rings. The summed E-state index contributed by atoms with van der Waals surface area (Å²) >= 11 is 0. The van der Waals surface area contributed by atoms with Crippen LogP contribution in [0, 0.1) is 0 Å². The molecule has 156 valence electrons. The van der Waals surface area contributed by atoms with E-state index < -0.39 is 54.1 Å². The molecular weight excluding hydrogens is 404 g/mol. The number of H-pyrrole nitrogens is 1. The van der Waals surface area contributed by atoms with Crippen molar-refractivity contribution in [1.29, 1.82) is 0 Å². The molecule has 3 rings (SSSR count). The molecular formula is C17H14F4N2O6. The van der Waals surface area contributed by atoms with Crippen molar-refractivity contribution < 1.29 is 36.9 Å². The topological polar surface area (TPSA) is 111 Å². The first-order chi connectivity index (χ1) is 13.6. The van der Waals surface area contributed by atoms with Gasteiger partial charge < -0.3 is 14.6 Å². The van der Waals surface area contributed by atoms with E-state index in [0.29, 0.717) is 4.57 Å². The van der Waals surface area contributed by atoms with Crippen molar-refractivity contribution in [2.75, 3.05) is 6.61 Å². The first-order valence-electron chi connectivity index (χ1n) is 8.17. The highest BCUT2D eigenvalue weighted by atomic mass is 19.4. The van der Waals surface area contributed by atoms with E-state index in [9.17, 15) is 37.1 Å². The summed E-state index contributed by atoms with van der Waals surface area (Å²) in [6, 6.07) is 7.82. The Morgan fingerprint density at radius 3 is 2.48 bits per heavy atom. The lowest BCUT2D eigenvalue weighted by Crippen LogP contribution is -2.57. The van der Waals surface area contributed by atoms with Gasteiger partial charge in [0.05, 0.1) is 5.56 Å². The van der Waals surface area contributed by atoms with Crippen LogP contribution >= 0.6 is 0 Å². The van der Waals surface area contributed by atoms with Crippen molar-refractivity contribution in [1.82, 2.24) is 9.55 Å². The number of rotatable bonds is 4. The van der Waals surface area contributed by atoms with Crippen LogP contribution in [0.3, 0.4) is 0 Å². The van der Waals surface area contributed by atoms with E-state index >= 15 is 0 Å². The highest BCUT2D eigenvalue weighted by molar-refractivity contribution is 5.89. The number of aliphatic hydroxyl groups is 1. The molecule has 1 aromatic heterocycles. The lowest BCUT2D eigenvalue weighted by atomic mass is 9.96. The number of nitrogens with one attached hydrogen (secondary N) is 1. The molecule has 8 nitrogen and oxygen atoms in total. The van der Waals surface area contributed by atoms with Crippen LogP contribution < -0.4 is 11.2 Å². The molecule has 1 unspecified atom stereocenters. The summed E-state index contributed by atoms with van der Waals surface area (Å²) < 4.78 is 65.6. The summed E-state index contributed by atoms with van der Waals surface area (Å²) in [5, 5.41) is 10.0.